The topological polar surface area (TPSA) is 75.1 Å². The highest BCUT2D eigenvalue weighted by atomic mass is 19.4. The predicted molar refractivity (Wildman–Crippen MR) is 93.4 cm³/mol. The van der Waals surface area contributed by atoms with Crippen molar-refractivity contribution in [3.05, 3.63) is 64.4 Å². The van der Waals surface area contributed by atoms with Crippen molar-refractivity contribution in [2.75, 3.05) is 6.61 Å². The van der Waals surface area contributed by atoms with Gasteiger partial charge in [-0.2, -0.15) is 22.9 Å². The van der Waals surface area contributed by atoms with E-state index in [1.54, 1.807) is 0 Å². The summed E-state index contributed by atoms with van der Waals surface area (Å²) < 4.78 is 48.5. The Kier molecular flexibility index (Phi) is 5.53. The van der Waals surface area contributed by atoms with Gasteiger partial charge in [0.15, 0.2) is 11.9 Å². The summed E-state index contributed by atoms with van der Waals surface area (Å²) in [6.45, 7) is 4.31. The molecule has 0 radical (unpaired) electrons. The first-order chi connectivity index (χ1) is 13.3. The highest BCUT2D eigenvalue weighted by Gasteiger charge is 2.38. The molecule has 0 atom stereocenters. The van der Waals surface area contributed by atoms with Crippen LogP contribution in [-0.2, 0) is 12.6 Å². The average molecular weight is 393 g/mol. The molecule has 0 fully saturated rings. The van der Waals surface area contributed by atoms with Gasteiger partial charge >= 0.3 is 12.1 Å². The minimum atomic E-state index is -4.72. The number of halogens is 3. The Balaban J connectivity index is 1.66. The van der Waals surface area contributed by atoms with Crippen molar-refractivity contribution in [3.8, 4) is 17.1 Å². The molecule has 1 aromatic carbocycles. The van der Waals surface area contributed by atoms with Crippen LogP contribution >= 0.6 is 0 Å². The van der Waals surface area contributed by atoms with Crippen molar-refractivity contribution in [1.82, 2.24) is 10.1 Å². The van der Waals surface area contributed by atoms with Gasteiger partial charge in [0.2, 0.25) is 5.82 Å². The number of pyridine rings is 1. The van der Waals surface area contributed by atoms with Crippen LogP contribution in [0.5, 0.6) is 5.75 Å². The standard InChI is InChI=1S/C19H18F3N3O3/c1-12-5-3-6-13(2)16(12)27-10-4-7-15-11-14(8-9-25(15)26)17-23-18(28-24-17)19(20,21)22/h3,5-6,8-9,11H,4,7,10H2,1-2H3. The lowest BCUT2D eigenvalue weighted by Crippen LogP contribution is -2.31. The minimum Gasteiger partial charge on any atom is -0.619 e. The highest BCUT2D eigenvalue weighted by molar-refractivity contribution is 5.53. The molecule has 3 rings (SSSR count). The van der Waals surface area contributed by atoms with E-state index in [-0.39, 0.29) is 11.4 Å². The van der Waals surface area contributed by atoms with Gasteiger partial charge in [0.1, 0.15) is 5.75 Å². The van der Waals surface area contributed by atoms with Gasteiger partial charge in [-0.1, -0.05) is 23.4 Å². The number of hydrogen-bond acceptors (Lipinski definition) is 5. The number of ether oxygens (including phenoxy) is 1. The molecule has 0 saturated heterocycles. The van der Waals surface area contributed by atoms with Gasteiger partial charge in [0.05, 0.1) is 6.61 Å². The molecule has 0 spiro atoms. The summed E-state index contributed by atoms with van der Waals surface area (Å²) in [5.41, 5.74) is 2.70. The normalized spacial score (nSPS) is 11.6. The van der Waals surface area contributed by atoms with Gasteiger partial charge in [-0.25, -0.2) is 0 Å². The largest absolute Gasteiger partial charge is 0.619 e. The maximum atomic E-state index is 12.6. The number of nitrogens with zero attached hydrogens (tertiary/aromatic N) is 3. The first-order valence-corrected chi connectivity index (χ1v) is 8.58. The van der Waals surface area contributed by atoms with E-state index in [1.165, 1.54) is 18.3 Å². The lowest BCUT2D eigenvalue weighted by Gasteiger charge is -2.11. The monoisotopic (exact) mass is 393 g/mol. The van der Waals surface area contributed by atoms with Crippen LogP contribution in [0.4, 0.5) is 13.2 Å². The van der Waals surface area contributed by atoms with Gasteiger partial charge in [0.25, 0.3) is 0 Å². The molecule has 148 valence electrons. The third-order valence-corrected chi connectivity index (χ3v) is 4.15. The minimum absolute atomic E-state index is 0.221. The number of aromatic nitrogens is 3. The molecule has 6 nitrogen and oxygen atoms in total. The molecule has 9 heteroatoms. The molecule has 0 aliphatic rings. The van der Waals surface area contributed by atoms with Gasteiger partial charge in [-0.15, -0.1) is 0 Å². The van der Waals surface area contributed by atoms with Crippen molar-refractivity contribution in [3.63, 3.8) is 0 Å². The number of alkyl halides is 3. The zero-order chi connectivity index (χ0) is 20.3. The quantitative estimate of drug-likeness (QED) is 0.359. The van der Waals surface area contributed by atoms with E-state index in [1.807, 2.05) is 32.0 Å². The fraction of sp³-hybridized carbons (Fsp3) is 0.316. The predicted octanol–water partition coefficient (Wildman–Crippen LogP) is 4.02. The van der Waals surface area contributed by atoms with Gasteiger partial charge in [-0.05, 0) is 31.4 Å². The second-order valence-corrected chi connectivity index (χ2v) is 6.33. The third kappa shape index (κ3) is 4.41. The summed E-state index contributed by atoms with van der Waals surface area (Å²) in [7, 11) is 0. The van der Waals surface area contributed by atoms with Gasteiger partial charge < -0.3 is 14.5 Å². The Labute approximate surface area is 159 Å². The molecule has 0 saturated carbocycles. The Morgan fingerprint density at radius 3 is 2.54 bits per heavy atom. The molecule has 0 amide bonds. The summed E-state index contributed by atoms with van der Waals surface area (Å²) in [5, 5.41) is 15.3. The van der Waals surface area contributed by atoms with Crippen LogP contribution in [0.1, 0.15) is 29.1 Å². The van der Waals surface area contributed by atoms with Crippen LogP contribution in [-0.4, -0.2) is 16.7 Å². The molecule has 28 heavy (non-hydrogen) atoms. The Bertz CT molecular complexity index is 950. The summed E-state index contributed by atoms with van der Waals surface area (Å²) in [6, 6.07) is 8.66. The Hall–Kier alpha value is -3.10. The van der Waals surface area contributed by atoms with Crippen molar-refractivity contribution >= 4 is 0 Å². The second kappa shape index (κ2) is 7.87. The third-order valence-electron chi connectivity index (χ3n) is 4.15. The SMILES string of the molecule is Cc1cccc(C)c1OCCCc1cc(-c2noc(C(F)(F)F)n2)cc[n+]1[O-]. The van der Waals surface area contributed by atoms with Crippen LogP contribution in [0.15, 0.2) is 41.1 Å². The van der Waals surface area contributed by atoms with E-state index in [0.29, 0.717) is 29.9 Å². The number of hydrogen-bond donors (Lipinski definition) is 0. The van der Waals surface area contributed by atoms with E-state index in [0.717, 1.165) is 16.9 Å². The molecule has 0 aliphatic heterocycles. The molecule has 0 aliphatic carbocycles. The Morgan fingerprint density at radius 1 is 1.18 bits per heavy atom. The van der Waals surface area contributed by atoms with Crippen molar-refractivity contribution < 1.29 is 27.2 Å². The summed E-state index contributed by atoms with van der Waals surface area (Å²) >= 11 is 0. The van der Waals surface area contributed by atoms with E-state index in [9.17, 15) is 18.4 Å². The fourth-order valence-corrected chi connectivity index (χ4v) is 2.77. The summed E-state index contributed by atoms with van der Waals surface area (Å²) in [4.78, 5) is 3.34. The van der Waals surface area contributed by atoms with E-state index in [2.05, 4.69) is 14.7 Å². The van der Waals surface area contributed by atoms with Gasteiger partial charge in [0, 0.05) is 24.1 Å². The number of aryl methyl sites for hydroxylation is 3. The smallest absolute Gasteiger partial charge is 0.471 e. The van der Waals surface area contributed by atoms with Crippen LogP contribution in [0.3, 0.4) is 0 Å². The summed E-state index contributed by atoms with van der Waals surface area (Å²) in [6.07, 6.45) is -2.57. The van der Waals surface area contributed by atoms with Crippen molar-refractivity contribution in [1.29, 1.82) is 0 Å². The number of para-hydroxylation sites is 1. The first kappa shape index (κ1) is 19.7. The molecule has 0 N–H and O–H groups in total. The lowest BCUT2D eigenvalue weighted by molar-refractivity contribution is -0.614. The maximum absolute atomic E-state index is 12.6. The van der Waals surface area contributed by atoms with Crippen LogP contribution in [0.2, 0.25) is 0 Å². The van der Waals surface area contributed by atoms with E-state index < -0.39 is 12.1 Å². The number of benzene rings is 1. The van der Waals surface area contributed by atoms with E-state index in [4.69, 9.17) is 4.74 Å². The van der Waals surface area contributed by atoms with E-state index >= 15 is 0 Å². The molecule has 3 aromatic rings. The first-order valence-electron chi connectivity index (χ1n) is 8.58. The van der Waals surface area contributed by atoms with Crippen molar-refractivity contribution in [2.45, 2.75) is 32.9 Å². The molecule has 2 aromatic heterocycles. The van der Waals surface area contributed by atoms with Gasteiger partial charge in [-0.3, -0.25) is 0 Å². The molecular formula is C19H18F3N3O3. The molecule has 0 bridgehead atoms. The average Bonchev–Trinajstić information content (AvgIpc) is 3.12. The fourth-order valence-electron chi connectivity index (χ4n) is 2.77. The van der Waals surface area contributed by atoms with Crippen LogP contribution in [0, 0.1) is 19.1 Å². The maximum Gasteiger partial charge on any atom is 0.471 e. The van der Waals surface area contributed by atoms with Crippen molar-refractivity contribution in [2.24, 2.45) is 0 Å². The molecule has 2 heterocycles. The highest BCUT2D eigenvalue weighted by Crippen LogP contribution is 2.29. The Morgan fingerprint density at radius 2 is 1.89 bits per heavy atom. The molecular weight excluding hydrogens is 375 g/mol. The zero-order valence-electron chi connectivity index (χ0n) is 15.3. The zero-order valence-corrected chi connectivity index (χ0v) is 15.3. The molecule has 0 unspecified atom stereocenters. The summed E-state index contributed by atoms with van der Waals surface area (Å²) in [5.74, 6) is -0.830. The van der Waals surface area contributed by atoms with Crippen LogP contribution < -0.4 is 9.47 Å². The second-order valence-electron chi connectivity index (χ2n) is 6.33. The van der Waals surface area contributed by atoms with Crippen LogP contribution in [0.25, 0.3) is 11.4 Å². The number of rotatable bonds is 6. The lowest BCUT2D eigenvalue weighted by atomic mass is 10.1.